The molecule has 1 aliphatic heterocycles. The second kappa shape index (κ2) is 7.28. The van der Waals surface area contributed by atoms with Crippen LogP contribution in [0, 0.1) is 0 Å². The number of aliphatic hydroxyl groups excluding tert-OH is 3. The van der Waals surface area contributed by atoms with Gasteiger partial charge in [0.1, 0.15) is 17.6 Å². The SMILES string of the molecule is [N-]=[N+]=N[C@@H]1[C@@H](O)[C@@H](Sc2cncc(Cl)c2)O[C@H](CO)[C@@H]1O. The Morgan fingerprint density at radius 1 is 1.43 bits per heavy atom. The minimum atomic E-state index is -1.28. The zero-order chi connectivity index (χ0) is 15.4. The van der Waals surface area contributed by atoms with Crippen LogP contribution < -0.4 is 0 Å². The van der Waals surface area contributed by atoms with E-state index >= 15 is 0 Å². The summed E-state index contributed by atoms with van der Waals surface area (Å²) in [6.45, 7) is -0.462. The second-order valence-corrected chi connectivity index (χ2v) is 5.97. The number of aliphatic hydroxyl groups is 3. The number of hydrogen-bond donors (Lipinski definition) is 3. The van der Waals surface area contributed by atoms with Crippen molar-refractivity contribution in [1.29, 1.82) is 0 Å². The molecule has 2 heterocycles. The molecular weight excluding hydrogens is 320 g/mol. The number of rotatable bonds is 4. The summed E-state index contributed by atoms with van der Waals surface area (Å²) in [5, 5.41) is 33.1. The molecule has 5 atom stereocenters. The fraction of sp³-hybridized carbons (Fsp3) is 0.545. The topological polar surface area (TPSA) is 132 Å². The maximum absolute atomic E-state index is 10.2. The van der Waals surface area contributed by atoms with Gasteiger partial charge in [-0.3, -0.25) is 4.98 Å². The van der Waals surface area contributed by atoms with Crippen molar-refractivity contribution < 1.29 is 20.1 Å². The molecule has 0 spiro atoms. The monoisotopic (exact) mass is 332 g/mol. The number of halogens is 1. The highest BCUT2D eigenvalue weighted by Crippen LogP contribution is 2.34. The number of aromatic nitrogens is 1. The fourth-order valence-corrected chi connectivity index (χ4v) is 3.27. The first-order valence-electron chi connectivity index (χ1n) is 6.00. The van der Waals surface area contributed by atoms with E-state index in [1.54, 1.807) is 6.07 Å². The third-order valence-corrected chi connectivity index (χ3v) is 4.29. The summed E-state index contributed by atoms with van der Waals surface area (Å²) in [5.74, 6) is 0. The highest BCUT2D eigenvalue weighted by Gasteiger charge is 2.44. The molecule has 0 unspecified atom stereocenters. The number of hydrogen-bond acceptors (Lipinski definition) is 7. The lowest BCUT2D eigenvalue weighted by Gasteiger charge is -2.40. The molecular formula is C11H13ClN4O4S. The number of ether oxygens (including phenoxy) is 1. The van der Waals surface area contributed by atoms with Gasteiger partial charge in [-0.05, 0) is 11.6 Å². The summed E-state index contributed by atoms with van der Waals surface area (Å²) in [5.41, 5.74) is 7.69. The molecule has 3 N–H and O–H groups in total. The van der Waals surface area contributed by atoms with Crippen molar-refractivity contribution in [3.05, 3.63) is 33.9 Å². The lowest BCUT2D eigenvalue weighted by Crippen LogP contribution is -2.56. The summed E-state index contributed by atoms with van der Waals surface area (Å²) in [4.78, 5) is 7.16. The molecule has 1 saturated heterocycles. The Kier molecular flexibility index (Phi) is 5.65. The zero-order valence-corrected chi connectivity index (χ0v) is 12.2. The summed E-state index contributed by atoms with van der Waals surface area (Å²) in [6, 6.07) is 0.530. The zero-order valence-electron chi connectivity index (χ0n) is 10.7. The van der Waals surface area contributed by atoms with E-state index in [9.17, 15) is 15.3 Å². The first-order valence-corrected chi connectivity index (χ1v) is 7.26. The Morgan fingerprint density at radius 2 is 2.19 bits per heavy atom. The molecule has 1 aromatic heterocycles. The summed E-state index contributed by atoms with van der Waals surface area (Å²) >= 11 is 6.94. The van der Waals surface area contributed by atoms with E-state index in [4.69, 9.17) is 21.9 Å². The van der Waals surface area contributed by atoms with E-state index in [1.807, 2.05) is 0 Å². The van der Waals surface area contributed by atoms with Gasteiger partial charge in [-0.15, -0.1) is 0 Å². The van der Waals surface area contributed by atoms with Crippen LogP contribution in [0.25, 0.3) is 10.4 Å². The number of azide groups is 1. The van der Waals surface area contributed by atoms with Crippen molar-refractivity contribution in [3.8, 4) is 0 Å². The van der Waals surface area contributed by atoms with Crippen molar-refractivity contribution in [1.82, 2.24) is 4.98 Å². The lowest BCUT2D eigenvalue weighted by molar-refractivity contribution is -0.159. The van der Waals surface area contributed by atoms with Gasteiger partial charge in [0.15, 0.2) is 0 Å². The van der Waals surface area contributed by atoms with Gasteiger partial charge in [0.05, 0.1) is 23.8 Å². The average molecular weight is 333 g/mol. The summed E-state index contributed by atoms with van der Waals surface area (Å²) in [7, 11) is 0. The van der Waals surface area contributed by atoms with Crippen LogP contribution in [0.4, 0.5) is 0 Å². The van der Waals surface area contributed by atoms with Gasteiger partial charge in [0.2, 0.25) is 0 Å². The number of thioether (sulfide) groups is 1. The van der Waals surface area contributed by atoms with Crippen molar-refractivity contribution in [2.24, 2.45) is 5.11 Å². The standard InChI is InChI=1S/C11H13ClN4O4S/c12-5-1-6(3-14-2-5)21-11-10(19)8(15-16-13)9(18)7(4-17)20-11/h1-3,7-11,17-19H,4H2/t7-,8+,9+,10-,11-/m1/s1. The van der Waals surface area contributed by atoms with Gasteiger partial charge in [-0.2, -0.15) is 0 Å². The fourth-order valence-electron chi connectivity index (χ4n) is 1.95. The molecule has 114 valence electrons. The second-order valence-electron chi connectivity index (χ2n) is 4.36. The van der Waals surface area contributed by atoms with Gasteiger partial charge in [0.25, 0.3) is 0 Å². The molecule has 0 amide bonds. The van der Waals surface area contributed by atoms with Crippen molar-refractivity contribution in [3.63, 3.8) is 0 Å². The molecule has 0 aliphatic carbocycles. The molecule has 1 fully saturated rings. The highest BCUT2D eigenvalue weighted by atomic mass is 35.5. The molecule has 0 saturated carbocycles. The molecule has 1 aliphatic rings. The molecule has 0 bridgehead atoms. The van der Waals surface area contributed by atoms with Gasteiger partial charge < -0.3 is 20.1 Å². The highest BCUT2D eigenvalue weighted by molar-refractivity contribution is 7.99. The van der Waals surface area contributed by atoms with E-state index in [1.165, 1.54) is 12.4 Å². The van der Waals surface area contributed by atoms with Gasteiger partial charge in [-0.25, -0.2) is 0 Å². The lowest BCUT2D eigenvalue weighted by atomic mass is 9.98. The van der Waals surface area contributed by atoms with E-state index in [2.05, 4.69) is 15.0 Å². The molecule has 1 aromatic rings. The van der Waals surface area contributed by atoms with Gasteiger partial charge in [-0.1, -0.05) is 28.5 Å². The predicted octanol–water partition coefficient (Wildman–Crippen LogP) is 0.945. The first kappa shape index (κ1) is 16.3. The largest absolute Gasteiger partial charge is 0.394 e. The smallest absolute Gasteiger partial charge is 0.134 e. The van der Waals surface area contributed by atoms with Gasteiger partial charge >= 0.3 is 0 Å². The van der Waals surface area contributed by atoms with E-state index in [0.29, 0.717) is 9.92 Å². The maximum Gasteiger partial charge on any atom is 0.134 e. The summed E-state index contributed by atoms with van der Waals surface area (Å²) < 4.78 is 5.44. The predicted molar refractivity (Wildman–Crippen MR) is 75.8 cm³/mol. The van der Waals surface area contributed by atoms with Gasteiger partial charge in [0, 0.05) is 22.2 Å². The Labute approximate surface area is 129 Å². The van der Waals surface area contributed by atoms with Crippen molar-refractivity contribution in [2.75, 3.05) is 6.61 Å². The van der Waals surface area contributed by atoms with E-state index in [-0.39, 0.29) is 0 Å². The van der Waals surface area contributed by atoms with Crippen LogP contribution in [0.5, 0.6) is 0 Å². The Hall–Kier alpha value is -1.06. The third-order valence-electron chi connectivity index (χ3n) is 2.97. The van der Waals surface area contributed by atoms with E-state index < -0.39 is 36.4 Å². The normalized spacial score (nSPS) is 32.5. The molecule has 0 aromatic carbocycles. The van der Waals surface area contributed by atoms with Crippen LogP contribution >= 0.6 is 23.4 Å². The van der Waals surface area contributed by atoms with E-state index in [0.717, 1.165) is 11.8 Å². The average Bonchev–Trinajstić information content (AvgIpc) is 2.46. The van der Waals surface area contributed by atoms with Crippen LogP contribution in [0.3, 0.4) is 0 Å². The Balaban J connectivity index is 2.19. The molecule has 8 nitrogen and oxygen atoms in total. The van der Waals surface area contributed by atoms with Crippen LogP contribution in [0.1, 0.15) is 0 Å². The third kappa shape index (κ3) is 3.78. The molecule has 10 heteroatoms. The maximum atomic E-state index is 10.2. The Bertz CT molecular complexity index is 545. The molecule has 0 radical (unpaired) electrons. The molecule has 21 heavy (non-hydrogen) atoms. The molecule has 2 rings (SSSR count). The van der Waals surface area contributed by atoms with Crippen LogP contribution in [-0.4, -0.2) is 56.7 Å². The minimum absolute atomic E-state index is 0.427. The Morgan fingerprint density at radius 3 is 2.81 bits per heavy atom. The quantitative estimate of drug-likeness (QED) is 0.427. The van der Waals surface area contributed by atoms with Crippen LogP contribution in [0.2, 0.25) is 5.02 Å². The number of pyridine rings is 1. The van der Waals surface area contributed by atoms with Crippen LogP contribution in [-0.2, 0) is 4.74 Å². The van der Waals surface area contributed by atoms with Crippen LogP contribution in [0.15, 0.2) is 28.5 Å². The van der Waals surface area contributed by atoms with Crippen molar-refractivity contribution in [2.45, 2.75) is 34.7 Å². The number of nitrogens with zero attached hydrogens (tertiary/aromatic N) is 4. The summed E-state index contributed by atoms with van der Waals surface area (Å²) in [6.07, 6.45) is -0.465. The van der Waals surface area contributed by atoms with Crippen molar-refractivity contribution >= 4 is 23.4 Å². The first-order chi connectivity index (χ1) is 10.1. The minimum Gasteiger partial charge on any atom is -0.394 e.